The minimum Gasteiger partial charge on any atom is -0.493 e. The molecule has 2 aromatic rings. The summed E-state index contributed by atoms with van der Waals surface area (Å²) in [5, 5.41) is 20.0. The van der Waals surface area contributed by atoms with Crippen molar-refractivity contribution < 1.29 is 46.5 Å². The number of carbonyl (C=O) groups is 3. The van der Waals surface area contributed by atoms with Gasteiger partial charge in [0.2, 0.25) is 11.8 Å². The second-order valence-electron chi connectivity index (χ2n) is 9.77. The van der Waals surface area contributed by atoms with Gasteiger partial charge in [0, 0.05) is 6.54 Å². The normalized spacial score (nSPS) is 13.4. The number of carbonyl (C=O) groups excluding carboxylic acids is 2. The molecule has 2 amide bonds. The summed E-state index contributed by atoms with van der Waals surface area (Å²) >= 11 is 0. The number of carboxylic acid groups (broad SMARTS) is 1. The highest BCUT2D eigenvalue weighted by molar-refractivity contribution is 6.00. The van der Waals surface area contributed by atoms with Crippen LogP contribution in [0.1, 0.15) is 37.0 Å². The van der Waals surface area contributed by atoms with Crippen LogP contribution in [0.2, 0.25) is 0 Å². The molecule has 0 aromatic heterocycles. The molecule has 0 aliphatic carbocycles. The Morgan fingerprint density at radius 3 is 2.27 bits per heavy atom. The van der Waals surface area contributed by atoms with Gasteiger partial charge in [-0.25, -0.2) is 19.2 Å². The molecule has 0 bridgehead atoms. The molecule has 0 unspecified atom stereocenters. The lowest BCUT2D eigenvalue weighted by atomic mass is 10.0. The fourth-order valence-corrected chi connectivity index (χ4v) is 3.76. The van der Waals surface area contributed by atoms with Crippen molar-refractivity contribution in [2.75, 3.05) is 20.9 Å². The number of nitrogens with one attached hydrogen (secondary N) is 2. The molecule has 1 heterocycles. The Bertz CT molecular complexity index is 1460. The fraction of sp³-hybridized carbons (Fsp3) is 0.393. The lowest BCUT2D eigenvalue weighted by Gasteiger charge is -2.16. The molecule has 0 saturated heterocycles. The number of azo groups is 1. The predicted octanol–water partition coefficient (Wildman–Crippen LogP) is 3.35. The average Bonchev–Trinajstić information content (AvgIpc) is 3.50. The van der Waals surface area contributed by atoms with E-state index in [0.717, 1.165) is 0 Å². The van der Waals surface area contributed by atoms with Gasteiger partial charge in [0.15, 0.2) is 30.0 Å². The maximum Gasteiger partial charge on any atom is 0.490 e. The monoisotopic (exact) mass is 639 g/mol. The standard InChI is InChI=1S/C26H32FN7O4.C2HF3O2/c1-15(2)9-20(25(36)29-13-17-5-7-19(27)18(10-17)24-30-14-31-34-24)32-26(28)33-23(35)12-16-6-8-21(37-3)22(11-16)38-4;3-2(4,5)1(6)7/h5-8,10-11,15,20H,9,12-14H2,1-4H3,(H,29,36)(H3,28,32,33,35);(H,6,7)/t20-;/m1./s1. The van der Waals surface area contributed by atoms with Crippen molar-refractivity contribution in [2.45, 2.75) is 45.5 Å². The van der Waals surface area contributed by atoms with Crippen LogP contribution in [0.5, 0.6) is 11.5 Å². The third-order valence-electron chi connectivity index (χ3n) is 5.80. The molecular weight excluding hydrogens is 606 g/mol. The van der Waals surface area contributed by atoms with Crippen LogP contribution in [0.4, 0.5) is 17.6 Å². The average molecular weight is 640 g/mol. The number of amidine groups is 1. The number of aliphatic carboxylic acids is 1. The second-order valence-corrected chi connectivity index (χ2v) is 9.77. The number of nitrogens with zero attached hydrogens (tertiary/aromatic N) is 4. The van der Waals surface area contributed by atoms with Gasteiger partial charge >= 0.3 is 12.1 Å². The number of ether oxygens (including phenoxy) is 2. The van der Waals surface area contributed by atoms with Gasteiger partial charge in [-0.3, -0.25) is 14.9 Å². The summed E-state index contributed by atoms with van der Waals surface area (Å²) in [6.07, 6.45) is -4.65. The highest BCUT2D eigenvalue weighted by Crippen LogP contribution is 2.27. The van der Waals surface area contributed by atoms with Gasteiger partial charge < -0.3 is 25.6 Å². The van der Waals surface area contributed by atoms with Gasteiger partial charge in [-0.2, -0.15) is 18.3 Å². The summed E-state index contributed by atoms with van der Waals surface area (Å²) in [6.45, 7) is 4.19. The number of halogens is 4. The van der Waals surface area contributed by atoms with E-state index in [1.807, 2.05) is 13.8 Å². The Morgan fingerprint density at radius 2 is 1.71 bits per heavy atom. The number of carboxylic acids is 1. The molecule has 0 fully saturated rings. The number of benzene rings is 2. The number of guanidine groups is 1. The smallest absolute Gasteiger partial charge is 0.490 e. The van der Waals surface area contributed by atoms with Gasteiger partial charge in [0.25, 0.3) is 0 Å². The summed E-state index contributed by atoms with van der Waals surface area (Å²) in [6, 6.07) is 8.75. The zero-order valence-corrected chi connectivity index (χ0v) is 24.8. The number of hydrogen-bond acceptors (Lipinski definition) is 9. The van der Waals surface area contributed by atoms with Crippen LogP contribution in [0.25, 0.3) is 0 Å². The second kappa shape index (κ2) is 16.7. The van der Waals surface area contributed by atoms with E-state index in [1.165, 1.54) is 20.3 Å². The Morgan fingerprint density at radius 1 is 1.07 bits per heavy atom. The van der Waals surface area contributed by atoms with Crippen LogP contribution < -0.4 is 25.8 Å². The molecule has 0 spiro atoms. The quantitative estimate of drug-likeness (QED) is 0.165. The highest BCUT2D eigenvalue weighted by Gasteiger charge is 2.38. The van der Waals surface area contributed by atoms with E-state index in [1.54, 1.807) is 30.3 Å². The zero-order chi connectivity index (χ0) is 33.7. The van der Waals surface area contributed by atoms with Gasteiger partial charge in [0.1, 0.15) is 11.9 Å². The van der Waals surface area contributed by atoms with E-state index in [-0.39, 0.29) is 48.8 Å². The first-order valence-corrected chi connectivity index (χ1v) is 13.3. The Labute approximate surface area is 255 Å². The van der Waals surface area contributed by atoms with Crippen LogP contribution in [-0.4, -0.2) is 67.8 Å². The molecule has 5 N–H and O–H groups in total. The summed E-state index contributed by atoms with van der Waals surface area (Å²) in [4.78, 5) is 42.7. The van der Waals surface area contributed by atoms with Gasteiger partial charge in [-0.1, -0.05) is 26.0 Å². The van der Waals surface area contributed by atoms with Gasteiger partial charge in [-0.15, -0.1) is 5.11 Å². The van der Waals surface area contributed by atoms with Gasteiger partial charge in [-0.05, 0) is 47.7 Å². The third kappa shape index (κ3) is 11.8. The molecule has 1 aliphatic heterocycles. The van der Waals surface area contributed by atoms with Crippen LogP contribution in [0, 0.1) is 11.7 Å². The lowest BCUT2D eigenvalue weighted by molar-refractivity contribution is -0.192. The SMILES string of the molecule is COc1ccc(CC(=O)NC(N)=N[C@H](CC(C)C)C(=O)NCc2ccc(F)c(C3=NCN=N3)c2)cc1OC.O=C(O)C(F)(F)F. The summed E-state index contributed by atoms with van der Waals surface area (Å²) in [5.41, 5.74) is 7.54. The van der Waals surface area contributed by atoms with Crippen molar-refractivity contribution in [1.29, 1.82) is 0 Å². The lowest BCUT2D eigenvalue weighted by Crippen LogP contribution is -2.41. The van der Waals surface area contributed by atoms with Crippen LogP contribution in [0.15, 0.2) is 56.6 Å². The minimum absolute atomic E-state index is 0.0232. The first-order valence-electron chi connectivity index (χ1n) is 13.3. The molecule has 0 saturated carbocycles. The number of aliphatic imine (C=N–C) groups is 2. The minimum atomic E-state index is -5.08. The Hall–Kier alpha value is -5.09. The van der Waals surface area contributed by atoms with Crippen molar-refractivity contribution in [3.8, 4) is 11.5 Å². The molecule has 1 atom stereocenters. The summed E-state index contributed by atoms with van der Waals surface area (Å²) in [5.74, 6) is -2.76. The number of nitrogens with two attached hydrogens (primary N) is 1. The molecule has 244 valence electrons. The van der Waals surface area contributed by atoms with Gasteiger partial charge in [0.05, 0.1) is 26.2 Å². The maximum atomic E-state index is 14.2. The number of amides is 2. The van der Waals surface area contributed by atoms with E-state index in [2.05, 4.69) is 30.8 Å². The van der Waals surface area contributed by atoms with E-state index < -0.39 is 29.9 Å². The van der Waals surface area contributed by atoms with Crippen molar-refractivity contribution in [1.82, 2.24) is 10.6 Å². The number of alkyl halides is 3. The molecule has 0 radical (unpaired) electrons. The first-order chi connectivity index (χ1) is 21.1. The van der Waals surface area contributed by atoms with E-state index in [4.69, 9.17) is 25.1 Å². The molecular formula is C28H33F4N7O6. The fourth-order valence-electron chi connectivity index (χ4n) is 3.76. The third-order valence-corrected chi connectivity index (χ3v) is 5.80. The predicted molar refractivity (Wildman–Crippen MR) is 154 cm³/mol. The molecule has 1 aliphatic rings. The number of rotatable bonds is 11. The molecule has 13 nitrogen and oxygen atoms in total. The number of methoxy groups -OCH3 is 2. The Kier molecular flexibility index (Phi) is 13.4. The highest BCUT2D eigenvalue weighted by atomic mass is 19.4. The van der Waals surface area contributed by atoms with Crippen molar-refractivity contribution in [2.24, 2.45) is 31.9 Å². The van der Waals surface area contributed by atoms with Crippen molar-refractivity contribution in [3.05, 3.63) is 58.9 Å². The molecule has 45 heavy (non-hydrogen) atoms. The summed E-state index contributed by atoms with van der Waals surface area (Å²) in [7, 11) is 3.04. The Balaban J connectivity index is 0.000000900. The largest absolute Gasteiger partial charge is 0.493 e. The molecule has 3 rings (SSSR count). The zero-order valence-electron chi connectivity index (χ0n) is 24.8. The topological polar surface area (TPSA) is 189 Å². The van der Waals surface area contributed by atoms with E-state index in [9.17, 15) is 27.2 Å². The first kappa shape index (κ1) is 36.1. The number of hydrogen-bond donors (Lipinski definition) is 4. The van der Waals surface area contributed by atoms with Crippen molar-refractivity contribution >= 4 is 29.6 Å². The summed E-state index contributed by atoms with van der Waals surface area (Å²) < 4.78 is 56.4. The maximum absolute atomic E-state index is 14.2. The molecule has 17 heteroatoms. The van der Waals surface area contributed by atoms with Crippen LogP contribution in [-0.2, 0) is 27.3 Å². The van der Waals surface area contributed by atoms with E-state index in [0.29, 0.717) is 29.0 Å². The molecule has 2 aromatic carbocycles. The van der Waals surface area contributed by atoms with E-state index >= 15 is 0 Å². The van der Waals surface area contributed by atoms with Crippen molar-refractivity contribution in [3.63, 3.8) is 0 Å². The van der Waals surface area contributed by atoms with Crippen LogP contribution >= 0.6 is 0 Å². The van der Waals surface area contributed by atoms with Crippen LogP contribution in [0.3, 0.4) is 0 Å².